The van der Waals surface area contributed by atoms with E-state index < -0.39 is 16.8 Å². The molecular formula is C15H15FN2O3. The van der Waals surface area contributed by atoms with E-state index in [0.29, 0.717) is 16.9 Å². The van der Waals surface area contributed by atoms with Crippen molar-refractivity contribution in [3.8, 4) is 5.75 Å². The first kappa shape index (κ1) is 14.9. The molecule has 21 heavy (non-hydrogen) atoms. The maximum atomic E-state index is 13.2. The highest BCUT2D eigenvalue weighted by Gasteiger charge is 2.14. The number of ether oxygens (including phenoxy) is 1. The van der Waals surface area contributed by atoms with Crippen LogP contribution >= 0.6 is 0 Å². The molecule has 1 atom stereocenters. The Morgan fingerprint density at radius 3 is 2.71 bits per heavy atom. The molecule has 0 unspecified atom stereocenters. The minimum atomic E-state index is -0.462. The van der Waals surface area contributed by atoms with E-state index in [1.807, 2.05) is 0 Å². The van der Waals surface area contributed by atoms with Gasteiger partial charge in [-0.3, -0.25) is 10.1 Å². The molecule has 0 spiro atoms. The van der Waals surface area contributed by atoms with Crippen molar-refractivity contribution in [3.63, 3.8) is 0 Å². The fraction of sp³-hybridized carbons (Fsp3) is 0.200. The topological polar surface area (TPSA) is 78.4 Å². The molecule has 0 bridgehead atoms. The molecule has 0 heterocycles. The molecule has 0 amide bonds. The number of nitro benzene ring substituents is 1. The van der Waals surface area contributed by atoms with Crippen molar-refractivity contribution >= 4 is 5.69 Å². The van der Waals surface area contributed by atoms with Crippen LogP contribution in [0.2, 0.25) is 0 Å². The van der Waals surface area contributed by atoms with Crippen LogP contribution in [0.15, 0.2) is 42.5 Å². The second-order valence-electron chi connectivity index (χ2n) is 4.65. The van der Waals surface area contributed by atoms with E-state index in [0.717, 1.165) is 0 Å². The van der Waals surface area contributed by atoms with Gasteiger partial charge in [0.15, 0.2) is 0 Å². The summed E-state index contributed by atoms with van der Waals surface area (Å²) in [5.41, 5.74) is 6.73. The monoisotopic (exact) mass is 290 g/mol. The zero-order valence-corrected chi connectivity index (χ0v) is 11.5. The fourth-order valence-corrected chi connectivity index (χ4v) is 1.97. The van der Waals surface area contributed by atoms with Gasteiger partial charge in [-0.1, -0.05) is 12.1 Å². The molecule has 0 fully saturated rings. The Bertz CT molecular complexity index is 659. The number of benzene rings is 2. The van der Waals surface area contributed by atoms with E-state index in [4.69, 9.17) is 10.5 Å². The van der Waals surface area contributed by atoms with Crippen LogP contribution in [0, 0.1) is 15.9 Å². The van der Waals surface area contributed by atoms with Crippen molar-refractivity contribution in [2.45, 2.75) is 19.6 Å². The van der Waals surface area contributed by atoms with Crippen molar-refractivity contribution in [2.24, 2.45) is 5.73 Å². The number of rotatable bonds is 5. The summed E-state index contributed by atoms with van der Waals surface area (Å²) in [6.45, 7) is 1.73. The van der Waals surface area contributed by atoms with Gasteiger partial charge in [-0.25, -0.2) is 4.39 Å². The van der Waals surface area contributed by atoms with Crippen molar-refractivity contribution in [1.29, 1.82) is 0 Å². The van der Waals surface area contributed by atoms with Crippen molar-refractivity contribution in [1.82, 2.24) is 0 Å². The molecule has 2 rings (SSSR count). The lowest BCUT2D eigenvalue weighted by molar-refractivity contribution is -0.385. The first-order chi connectivity index (χ1) is 9.99. The summed E-state index contributed by atoms with van der Waals surface area (Å²) < 4.78 is 18.8. The summed E-state index contributed by atoms with van der Waals surface area (Å²) in [6.07, 6.45) is 0. The summed E-state index contributed by atoms with van der Waals surface area (Å²) in [6, 6.07) is 9.96. The molecule has 0 aromatic heterocycles. The Kier molecular flexibility index (Phi) is 4.49. The SMILES string of the molecule is C[C@H](N)c1cc(F)ccc1OCc1ccccc1[N+](=O)[O-]. The molecule has 2 aromatic rings. The van der Waals surface area contributed by atoms with E-state index in [2.05, 4.69) is 0 Å². The maximum absolute atomic E-state index is 13.2. The third-order valence-corrected chi connectivity index (χ3v) is 3.03. The van der Waals surface area contributed by atoms with Crippen LogP contribution < -0.4 is 10.5 Å². The van der Waals surface area contributed by atoms with Crippen LogP contribution in [-0.4, -0.2) is 4.92 Å². The van der Waals surface area contributed by atoms with E-state index >= 15 is 0 Å². The maximum Gasteiger partial charge on any atom is 0.276 e. The Balaban J connectivity index is 2.23. The Morgan fingerprint density at radius 2 is 2.05 bits per heavy atom. The third kappa shape index (κ3) is 3.55. The summed E-state index contributed by atoms with van der Waals surface area (Å²) in [5, 5.41) is 10.9. The van der Waals surface area contributed by atoms with Gasteiger partial charge >= 0.3 is 0 Å². The molecule has 0 saturated heterocycles. The van der Waals surface area contributed by atoms with Gasteiger partial charge in [-0.2, -0.15) is 0 Å². The summed E-state index contributed by atoms with van der Waals surface area (Å²) >= 11 is 0. The van der Waals surface area contributed by atoms with E-state index in [9.17, 15) is 14.5 Å². The quantitative estimate of drug-likeness (QED) is 0.676. The second kappa shape index (κ2) is 6.32. The smallest absolute Gasteiger partial charge is 0.276 e. The van der Waals surface area contributed by atoms with Gasteiger partial charge in [0.25, 0.3) is 5.69 Å². The molecule has 110 valence electrons. The van der Waals surface area contributed by atoms with Gasteiger partial charge in [-0.15, -0.1) is 0 Å². The molecule has 2 aromatic carbocycles. The lowest BCUT2D eigenvalue weighted by Crippen LogP contribution is -2.09. The zero-order valence-electron chi connectivity index (χ0n) is 11.5. The molecule has 5 nitrogen and oxygen atoms in total. The lowest BCUT2D eigenvalue weighted by Gasteiger charge is -2.14. The zero-order chi connectivity index (χ0) is 15.4. The average molecular weight is 290 g/mol. The van der Waals surface area contributed by atoms with Gasteiger partial charge in [0, 0.05) is 17.7 Å². The van der Waals surface area contributed by atoms with E-state index in [-0.39, 0.29) is 12.3 Å². The fourth-order valence-electron chi connectivity index (χ4n) is 1.97. The van der Waals surface area contributed by atoms with E-state index in [1.54, 1.807) is 25.1 Å². The van der Waals surface area contributed by atoms with Crippen molar-refractivity contribution < 1.29 is 14.1 Å². The van der Waals surface area contributed by atoms with Crippen molar-refractivity contribution in [3.05, 3.63) is 69.5 Å². The van der Waals surface area contributed by atoms with Crippen LogP contribution in [0.4, 0.5) is 10.1 Å². The van der Waals surface area contributed by atoms with Gasteiger partial charge in [0.2, 0.25) is 0 Å². The van der Waals surface area contributed by atoms with E-state index in [1.165, 1.54) is 24.3 Å². The van der Waals surface area contributed by atoms with Gasteiger partial charge in [-0.05, 0) is 31.2 Å². The molecule has 0 radical (unpaired) electrons. The number of nitrogens with two attached hydrogens (primary N) is 1. The predicted molar refractivity (Wildman–Crippen MR) is 76.4 cm³/mol. The molecule has 6 heteroatoms. The molecule has 2 N–H and O–H groups in total. The Hall–Kier alpha value is -2.47. The number of para-hydroxylation sites is 1. The second-order valence-corrected chi connectivity index (χ2v) is 4.65. The van der Waals surface area contributed by atoms with Crippen LogP contribution in [0.25, 0.3) is 0 Å². The summed E-state index contributed by atoms with van der Waals surface area (Å²) in [4.78, 5) is 10.5. The number of halogens is 1. The lowest BCUT2D eigenvalue weighted by atomic mass is 10.1. The number of hydrogen-bond acceptors (Lipinski definition) is 4. The standard InChI is InChI=1S/C15H15FN2O3/c1-10(17)13-8-12(16)6-7-15(13)21-9-11-4-2-3-5-14(11)18(19)20/h2-8,10H,9,17H2,1H3/t10-/m0/s1. The Morgan fingerprint density at radius 1 is 1.33 bits per heavy atom. The number of hydrogen-bond donors (Lipinski definition) is 1. The Labute approximate surface area is 121 Å². The molecule has 0 aliphatic carbocycles. The van der Waals surface area contributed by atoms with Crippen LogP contribution in [0.5, 0.6) is 5.75 Å². The normalized spacial score (nSPS) is 12.0. The highest BCUT2D eigenvalue weighted by Crippen LogP contribution is 2.27. The number of nitrogens with zero attached hydrogens (tertiary/aromatic N) is 1. The molecule has 0 aliphatic rings. The minimum absolute atomic E-state index is 0.0121. The number of nitro groups is 1. The minimum Gasteiger partial charge on any atom is -0.488 e. The molecular weight excluding hydrogens is 275 g/mol. The first-order valence-electron chi connectivity index (χ1n) is 6.39. The van der Waals surface area contributed by atoms with Crippen LogP contribution in [-0.2, 0) is 6.61 Å². The highest BCUT2D eigenvalue weighted by atomic mass is 19.1. The first-order valence-corrected chi connectivity index (χ1v) is 6.39. The summed E-state index contributed by atoms with van der Waals surface area (Å²) in [7, 11) is 0. The van der Waals surface area contributed by atoms with Crippen molar-refractivity contribution in [2.75, 3.05) is 0 Å². The van der Waals surface area contributed by atoms with Crippen LogP contribution in [0.3, 0.4) is 0 Å². The largest absolute Gasteiger partial charge is 0.488 e. The predicted octanol–water partition coefficient (Wildman–Crippen LogP) is 3.33. The van der Waals surface area contributed by atoms with Gasteiger partial charge < -0.3 is 10.5 Å². The molecule has 0 aliphatic heterocycles. The summed E-state index contributed by atoms with van der Waals surface area (Å²) in [5.74, 6) is 0.0184. The highest BCUT2D eigenvalue weighted by molar-refractivity contribution is 5.41. The van der Waals surface area contributed by atoms with Crippen LogP contribution in [0.1, 0.15) is 24.1 Å². The van der Waals surface area contributed by atoms with Gasteiger partial charge in [0.1, 0.15) is 18.2 Å². The molecule has 0 saturated carbocycles. The average Bonchev–Trinajstić information content (AvgIpc) is 2.46. The van der Waals surface area contributed by atoms with Gasteiger partial charge in [0.05, 0.1) is 10.5 Å². The third-order valence-electron chi connectivity index (χ3n) is 3.03.